The number of hydrogen-bond donors (Lipinski definition) is 1. The lowest BCUT2D eigenvalue weighted by Crippen LogP contribution is -2.34. The molecule has 0 aliphatic carbocycles. The molecule has 1 unspecified atom stereocenters. The van der Waals surface area contributed by atoms with Gasteiger partial charge in [0.05, 0.1) is 33.8 Å². The Morgan fingerprint density at radius 1 is 1.18 bits per heavy atom. The van der Waals surface area contributed by atoms with Gasteiger partial charge in [-0.2, -0.15) is 0 Å². The smallest absolute Gasteiger partial charge is 0.234 e. The van der Waals surface area contributed by atoms with Crippen molar-refractivity contribution in [3.05, 3.63) is 59.9 Å². The van der Waals surface area contributed by atoms with E-state index in [2.05, 4.69) is 20.0 Å². The number of para-hydroxylation sites is 3. The monoisotopic (exact) mass is 414 g/mol. The first kappa shape index (κ1) is 18.6. The van der Waals surface area contributed by atoms with E-state index < -0.39 is 0 Å². The highest BCUT2D eigenvalue weighted by Gasteiger charge is 2.32. The summed E-state index contributed by atoms with van der Waals surface area (Å²) in [7, 11) is 3.87. The van der Waals surface area contributed by atoms with Gasteiger partial charge in [-0.05, 0) is 24.3 Å². The summed E-state index contributed by atoms with van der Waals surface area (Å²) in [6, 6.07) is 15.2. The quantitative estimate of drug-likeness (QED) is 0.705. The third kappa shape index (κ3) is 3.53. The average molecular weight is 415 g/mol. The number of thioether (sulfide) groups is 1. The van der Waals surface area contributed by atoms with Crippen molar-refractivity contribution in [2.24, 2.45) is 5.10 Å². The molecule has 1 atom stereocenters. The number of hydrazone groups is 1. The summed E-state index contributed by atoms with van der Waals surface area (Å²) >= 11 is 7.47. The zero-order valence-corrected chi connectivity index (χ0v) is 17.0. The van der Waals surface area contributed by atoms with E-state index in [9.17, 15) is 4.79 Å². The molecule has 1 aliphatic rings. The van der Waals surface area contributed by atoms with Gasteiger partial charge in [-0.15, -0.1) is 5.10 Å². The first-order valence-electron chi connectivity index (χ1n) is 8.67. The third-order valence-electron chi connectivity index (χ3n) is 4.44. The highest BCUT2D eigenvalue weighted by molar-refractivity contribution is 8.14. The summed E-state index contributed by atoms with van der Waals surface area (Å²) in [5.41, 5.74) is 2.57. The number of hydrogen-bond acceptors (Lipinski definition) is 6. The summed E-state index contributed by atoms with van der Waals surface area (Å²) in [6.45, 7) is 0. The second kappa shape index (κ2) is 7.73. The van der Waals surface area contributed by atoms with E-state index in [4.69, 9.17) is 11.6 Å². The maximum atomic E-state index is 12.3. The molecule has 144 valence electrons. The van der Waals surface area contributed by atoms with Crippen LogP contribution in [0.4, 0.5) is 5.69 Å². The predicted octanol–water partition coefficient (Wildman–Crippen LogP) is 3.67. The topological polar surface area (TPSA) is 65.8 Å². The number of nitrogens with one attached hydrogen (secondary N) is 1. The zero-order chi connectivity index (χ0) is 19.7. The van der Waals surface area contributed by atoms with Crippen LogP contribution in [0.5, 0.6) is 0 Å². The minimum absolute atomic E-state index is 0.131. The van der Waals surface area contributed by atoms with Crippen molar-refractivity contribution < 1.29 is 4.79 Å². The lowest BCUT2D eigenvalue weighted by Gasteiger charge is -2.27. The molecule has 2 aromatic carbocycles. The number of nitrogens with zero attached hydrogens (tertiary/aromatic N) is 5. The van der Waals surface area contributed by atoms with Crippen molar-refractivity contribution in [1.29, 1.82) is 0 Å². The number of fused-ring (bicyclic) bond motifs is 1. The van der Waals surface area contributed by atoms with Gasteiger partial charge in [-0.1, -0.05) is 47.6 Å². The van der Waals surface area contributed by atoms with Crippen molar-refractivity contribution >= 4 is 51.2 Å². The van der Waals surface area contributed by atoms with Gasteiger partial charge in [0.25, 0.3) is 0 Å². The van der Waals surface area contributed by atoms with E-state index in [0.29, 0.717) is 10.7 Å². The molecular weight excluding hydrogens is 396 g/mol. The van der Waals surface area contributed by atoms with Gasteiger partial charge >= 0.3 is 0 Å². The second-order valence-corrected chi connectivity index (χ2v) is 7.72. The lowest BCUT2D eigenvalue weighted by molar-refractivity contribution is -0.113. The number of amides is 1. The Labute approximate surface area is 172 Å². The molecule has 3 aromatic rings. The van der Waals surface area contributed by atoms with Crippen LogP contribution in [0.25, 0.3) is 11.0 Å². The number of aromatic nitrogens is 2. The van der Waals surface area contributed by atoms with Crippen molar-refractivity contribution in [3.8, 4) is 0 Å². The summed E-state index contributed by atoms with van der Waals surface area (Å²) in [4.78, 5) is 18.8. The summed E-state index contributed by atoms with van der Waals surface area (Å²) in [5.74, 6) is 0.105. The summed E-state index contributed by atoms with van der Waals surface area (Å²) in [6.07, 6.45) is 1.68. The van der Waals surface area contributed by atoms with Crippen LogP contribution in [-0.4, -0.2) is 50.4 Å². The number of benzene rings is 2. The molecule has 2 heterocycles. The summed E-state index contributed by atoms with van der Waals surface area (Å²) < 4.78 is 2.07. The number of carbonyl (C=O) groups excluding carboxylic acids is 1. The van der Waals surface area contributed by atoms with Crippen LogP contribution in [0.2, 0.25) is 5.02 Å². The van der Waals surface area contributed by atoms with Gasteiger partial charge in [0, 0.05) is 14.1 Å². The Kier molecular flexibility index (Phi) is 5.15. The molecule has 1 N–H and O–H groups in total. The fourth-order valence-electron chi connectivity index (χ4n) is 3.15. The molecule has 4 rings (SSSR count). The Morgan fingerprint density at radius 3 is 2.75 bits per heavy atom. The molecule has 1 amide bonds. The molecule has 28 heavy (non-hydrogen) atoms. The molecular formula is C19H19ClN6OS. The number of rotatable bonds is 4. The number of imidazole rings is 1. The number of amidine groups is 1. The molecule has 0 bridgehead atoms. The SMILES string of the molecule is CN1N=C(SCC(=O)Nc2ccccc2Cl)N(C)C1n1cnc2ccccc21. The molecule has 9 heteroatoms. The van der Waals surface area contributed by atoms with E-state index in [1.807, 2.05) is 66.7 Å². The van der Waals surface area contributed by atoms with Gasteiger partial charge in [-0.25, -0.2) is 4.98 Å². The molecule has 0 saturated heterocycles. The highest BCUT2D eigenvalue weighted by Crippen LogP contribution is 2.30. The van der Waals surface area contributed by atoms with Gasteiger partial charge in [0.2, 0.25) is 12.2 Å². The van der Waals surface area contributed by atoms with Crippen LogP contribution in [0.1, 0.15) is 6.29 Å². The predicted molar refractivity (Wildman–Crippen MR) is 114 cm³/mol. The van der Waals surface area contributed by atoms with Crippen LogP contribution in [0.3, 0.4) is 0 Å². The summed E-state index contributed by atoms with van der Waals surface area (Å²) in [5, 5.41) is 10.6. The fourth-order valence-corrected chi connectivity index (χ4v) is 4.14. The number of anilines is 1. The Balaban J connectivity index is 1.43. The van der Waals surface area contributed by atoms with Gasteiger partial charge in [-0.3, -0.25) is 14.4 Å². The fraction of sp³-hybridized carbons (Fsp3) is 0.211. The Hall–Kier alpha value is -2.71. The molecule has 0 radical (unpaired) electrons. The average Bonchev–Trinajstić information content (AvgIpc) is 3.22. The van der Waals surface area contributed by atoms with Crippen LogP contribution >= 0.6 is 23.4 Å². The van der Waals surface area contributed by atoms with Gasteiger partial charge in [0.15, 0.2) is 5.17 Å². The Bertz CT molecular complexity index is 1050. The van der Waals surface area contributed by atoms with Crippen molar-refractivity contribution in [2.75, 3.05) is 25.2 Å². The highest BCUT2D eigenvalue weighted by atomic mass is 35.5. The van der Waals surface area contributed by atoms with Crippen LogP contribution in [-0.2, 0) is 4.79 Å². The zero-order valence-electron chi connectivity index (χ0n) is 15.4. The standard InChI is InChI=1S/C19H19ClN6OS/c1-24-18(28-11-17(27)22-14-8-4-3-7-13(14)20)23-25(2)19(24)26-12-21-15-9-5-6-10-16(15)26/h3-10,12,19H,11H2,1-2H3,(H,22,27). The normalized spacial score (nSPS) is 16.5. The van der Waals surface area contributed by atoms with E-state index in [-0.39, 0.29) is 17.9 Å². The first-order chi connectivity index (χ1) is 13.5. The minimum Gasteiger partial charge on any atom is -0.324 e. The third-order valence-corrected chi connectivity index (χ3v) is 5.80. The van der Waals surface area contributed by atoms with Crippen molar-refractivity contribution in [2.45, 2.75) is 6.29 Å². The molecule has 0 fully saturated rings. The second-order valence-electron chi connectivity index (χ2n) is 6.37. The lowest BCUT2D eigenvalue weighted by atomic mass is 10.3. The van der Waals surface area contributed by atoms with Crippen LogP contribution < -0.4 is 5.32 Å². The maximum Gasteiger partial charge on any atom is 0.234 e. The van der Waals surface area contributed by atoms with Crippen LogP contribution in [0, 0.1) is 0 Å². The Morgan fingerprint density at radius 2 is 1.93 bits per heavy atom. The van der Waals surface area contributed by atoms with E-state index in [1.54, 1.807) is 12.1 Å². The van der Waals surface area contributed by atoms with Crippen molar-refractivity contribution in [3.63, 3.8) is 0 Å². The van der Waals surface area contributed by atoms with Crippen LogP contribution in [0.15, 0.2) is 60.0 Å². The number of carbonyl (C=O) groups is 1. The minimum atomic E-state index is -0.137. The molecule has 7 nitrogen and oxygen atoms in total. The maximum absolute atomic E-state index is 12.3. The number of halogens is 1. The van der Waals surface area contributed by atoms with E-state index in [1.165, 1.54) is 11.8 Å². The van der Waals surface area contributed by atoms with Gasteiger partial charge in [0.1, 0.15) is 0 Å². The molecule has 0 spiro atoms. The molecule has 1 aromatic heterocycles. The van der Waals surface area contributed by atoms with E-state index in [0.717, 1.165) is 16.2 Å². The van der Waals surface area contributed by atoms with Crippen molar-refractivity contribution in [1.82, 2.24) is 19.5 Å². The van der Waals surface area contributed by atoms with Gasteiger partial charge < -0.3 is 10.2 Å². The van der Waals surface area contributed by atoms with E-state index >= 15 is 0 Å². The first-order valence-corrected chi connectivity index (χ1v) is 10.0. The molecule has 1 aliphatic heterocycles. The largest absolute Gasteiger partial charge is 0.324 e. The molecule has 0 saturated carbocycles.